The molecule has 2 aliphatic heterocycles. The van der Waals surface area contributed by atoms with Gasteiger partial charge in [-0.05, 0) is 45.1 Å². The Balaban J connectivity index is 0.00000261. The van der Waals surface area contributed by atoms with Crippen LogP contribution in [0.15, 0.2) is 27.8 Å². The van der Waals surface area contributed by atoms with Crippen LogP contribution in [0, 0.1) is 0 Å². The van der Waals surface area contributed by atoms with E-state index >= 15 is 0 Å². The highest BCUT2D eigenvalue weighted by Crippen LogP contribution is 2.24. The summed E-state index contributed by atoms with van der Waals surface area (Å²) in [5.74, 6) is 1.84. The van der Waals surface area contributed by atoms with Crippen molar-refractivity contribution in [2.45, 2.75) is 31.4 Å². The summed E-state index contributed by atoms with van der Waals surface area (Å²) in [6.07, 6.45) is 5.81. The van der Waals surface area contributed by atoms with Crippen molar-refractivity contribution in [3.8, 4) is 0 Å². The molecule has 0 aliphatic carbocycles. The molecule has 3 rings (SSSR count). The topological polar surface area (TPSA) is 65.3 Å². The number of furan rings is 1. The van der Waals surface area contributed by atoms with Crippen molar-refractivity contribution in [3.05, 3.63) is 24.2 Å². The normalized spacial score (nSPS) is 23.5. The van der Waals surface area contributed by atoms with Crippen LogP contribution in [-0.2, 0) is 4.74 Å². The molecule has 1 aromatic heterocycles. The third kappa shape index (κ3) is 6.92. The molecule has 2 atom stereocenters. The van der Waals surface area contributed by atoms with Gasteiger partial charge in [-0.15, -0.1) is 24.0 Å². The molecule has 0 saturated carbocycles. The fourth-order valence-electron chi connectivity index (χ4n) is 3.74. The third-order valence-corrected chi connectivity index (χ3v) is 5.23. The third-order valence-electron chi connectivity index (χ3n) is 5.23. The van der Waals surface area contributed by atoms with Gasteiger partial charge in [-0.25, -0.2) is 0 Å². The zero-order valence-electron chi connectivity index (χ0n) is 16.5. The second-order valence-corrected chi connectivity index (χ2v) is 7.22. The summed E-state index contributed by atoms with van der Waals surface area (Å²) in [7, 11) is 3.95. The van der Waals surface area contributed by atoms with Gasteiger partial charge in [0.2, 0.25) is 0 Å². The summed E-state index contributed by atoms with van der Waals surface area (Å²) in [6, 6.07) is 4.28. The van der Waals surface area contributed by atoms with Crippen LogP contribution < -0.4 is 10.6 Å². The van der Waals surface area contributed by atoms with E-state index in [2.05, 4.69) is 38.5 Å². The van der Waals surface area contributed by atoms with E-state index in [1.54, 1.807) is 6.26 Å². The first-order chi connectivity index (χ1) is 12.8. The summed E-state index contributed by atoms with van der Waals surface area (Å²) in [4.78, 5) is 9.18. The Hall–Kier alpha value is -0.840. The van der Waals surface area contributed by atoms with E-state index in [1.807, 2.05) is 13.1 Å². The maximum absolute atomic E-state index is 5.81. The maximum atomic E-state index is 5.81. The first-order valence-electron chi connectivity index (χ1n) is 9.78. The number of likely N-dealkylation sites (tertiary alicyclic amines) is 1. The Morgan fingerprint density at radius 1 is 1.26 bits per heavy atom. The van der Waals surface area contributed by atoms with Crippen molar-refractivity contribution in [3.63, 3.8) is 0 Å². The van der Waals surface area contributed by atoms with Gasteiger partial charge in [0.15, 0.2) is 5.96 Å². The summed E-state index contributed by atoms with van der Waals surface area (Å²) in [5, 5.41) is 6.88. The molecule has 154 valence electrons. The number of nitrogens with zero attached hydrogens (tertiary/aromatic N) is 3. The Labute approximate surface area is 179 Å². The van der Waals surface area contributed by atoms with Gasteiger partial charge in [0, 0.05) is 33.2 Å². The zero-order valence-corrected chi connectivity index (χ0v) is 18.9. The Kier molecular flexibility index (Phi) is 9.88. The van der Waals surface area contributed by atoms with Crippen molar-refractivity contribution in [1.82, 2.24) is 20.4 Å². The van der Waals surface area contributed by atoms with Crippen LogP contribution in [0.3, 0.4) is 0 Å². The number of aliphatic imine (C=N–C) groups is 1. The van der Waals surface area contributed by atoms with Crippen LogP contribution in [-0.4, -0.2) is 81.8 Å². The molecule has 2 saturated heterocycles. The minimum atomic E-state index is 0. The number of halogens is 1. The van der Waals surface area contributed by atoms with Crippen LogP contribution in [0.5, 0.6) is 0 Å². The maximum Gasteiger partial charge on any atom is 0.191 e. The fraction of sp³-hybridized carbons (Fsp3) is 0.737. The molecule has 7 nitrogen and oxygen atoms in total. The highest BCUT2D eigenvalue weighted by molar-refractivity contribution is 14.0. The second kappa shape index (κ2) is 11.9. The van der Waals surface area contributed by atoms with E-state index in [0.29, 0.717) is 0 Å². The summed E-state index contributed by atoms with van der Waals surface area (Å²) < 4.78 is 11.5. The van der Waals surface area contributed by atoms with Gasteiger partial charge in [-0.2, -0.15) is 0 Å². The largest absolute Gasteiger partial charge is 0.468 e. The number of likely N-dealkylation sites (N-methyl/N-ethyl adjacent to an activating group) is 1. The number of hydrogen-bond acceptors (Lipinski definition) is 5. The quantitative estimate of drug-likeness (QED) is 0.360. The number of ether oxygens (including phenoxy) is 1. The molecule has 2 N–H and O–H groups in total. The highest BCUT2D eigenvalue weighted by Gasteiger charge is 2.25. The van der Waals surface area contributed by atoms with Crippen LogP contribution >= 0.6 is 24.0 Å². The van der Waals surface area contributed by atoms with Gasteiger partial charge in [0.1, 0.15) is 5.76 Å². The lowest BCUT2D eigenvalue weighted by atomic mass is 10.1. The molecular formula is C19H34IN5O2. The number of hydrogen-bond donors (Lipinski definition) is 2. The van der Waals surface area contributed by atoms with Gasteiger partial charge < -0.3 is 24.7 Å². The minimum absolute atomic E-state index is 0. The molecule has 8 heteroatoms. The standard InChI is InChI=1S/C19H33N5O2.HI/c1-20-19(21-13-16-15-23(2)10-12-25-16)22-14-17(18-7-6-11-26-18)24-8-4-3-5-9-24;/h6-7,11,16-17H,3-5,8-10,12-15H2,1-2H3,(H2,20,21,22);1H. The summed E-state index contributed by atoms with van der Waals surface area (Å²) >= 11 is 0. The first kappa shape index (κ1) is 22.4. The molecule has 0 amide bonds. The van der Waals surface area contributed by atoms with E-state index < -0.39 is 0 Å². The van der Waals surface area contributed by atoms with Crippen molar-refractivity contribution >= 4 is 29.9 Å². The Morgan fingerprint density at radius 3 is 2.74 bits per heavy atom. The van der Waals surface area contributed by atoms with E-state index in [9.17, 15) is 0 Å². The van der Waals surface area contributed by atoms with E-state index in [-0.39, 0.29) is 36.1 Å². The van der Waals surface area contributed by atoms with Gasteiger partial charge in [0.25, 0.3) is 0 Å². The molecule has 0 bridgehead atoms. The van der Waals surface area contributed by atoms with Crippen molar-refractivity contribution in [2.24, 2.45) is 4.99 Å². The van der Waals surface area contributed by atoms with Gasteiger partial charge >= 0.3 is 0 Å². The summed E-state index contributed by atoms with van der Waals surface area (Å²) in [5.41, 5.74) is 0. The minimum Gasteiger partial charge on any atom is -0.468 e. The van der Waals surface area contributed by atoms with Crippen LogP contribution in [0.1, 0.15) is 31.1 Å². The predicted octanol–water partition coefficient (Wildman–Crippen LogP) is 1.92. The SMILES string of the molecule is CN=C(NCC1CN(C)CCO1)NCC(c1ccco1)N1CCCCC1.I. The predicted molar refractivity (Wildman–Crippen MR) is 119 cm³/mol. The molecule has 27 heavy (non-hydrogen) atoms. The molecule has 0 aromatic carbocycles. The van der Waals surface area contributed by atoms with Crippen molar-refractivity contribution in [1.29, 1.82) is 0 Å². The lowest BCUT2D eigenvalue weighted by Crippen LogP contribution is -2.49. The molecule has 2 aliphatic rings. The van der Waals surface area contributed by atoms with Crippen LogP contribution in [0.2, 0.25) is 0 Å². The number of rotatable bonds is 6. The number of guanidine groups is 1. The van der Waals surface area contributed by atoms with Gasteiger partial charge in [0.05, 0.1) is 25.0 Å². The molecule has 0 spiro atoms. The number of morpholine rings is 1. The van der Waals surface area contributed by atoms with Gasteiger partial charge in [-0.3, -0.25) is 9.89 Å². The Bertz CT molecular complexity index is 548. The van der Waals surface area contributed by atoms with E-state index in [1.165, 1.54) is 19.3 Å². The molecule has 2 fully saturated rings. The second-order valence-electron chi connectivity index (χ2n) is 7.22. The molecule has 0 radical (unpaired) electrons. The average molecular weight is 491 g/mol. The average Bonchev–Trinajstić information content (AvgIpc) is 3.20. The molecule has 3 heterocycles. The van der Waals surface area contributed by atoms with Crippen LogP contribution in [0.4, 0.5) is 0 Å². The molecular weight excluding hydrogens is 457 g/mol. The Morgan fingerprint density at radius 2 is 2.07 bits per heavy atom. The smallest absolute Gasteiger partial charge is 0.191 e. The monoisotopic (exact) mass is 491 g/mol. The first-order valence-corrected chi connectivity index (χ1v) is 9.78. The van der Waals surface area contributed by atoms with Gasteiger partial charge in [-0.1, -0.05) is 6.42 Å². The molecule has 2 unspecified atom stereocenters. The van der Waals surface area contributed by atoms with Crippen molar-refractivity contribution < 1.29 is 9.15 Å². The number of piperidine rings is 1. The lowest BCUT2D eigenvalue weighted by molar-refractivity contribution is -0.0161. The van der Waals surface area contributed by atoms with E-state index in [4.69, 9.17) is 9.15 Å². The lowest BCUT2D eigenvalue weighted by Gasteiger charge is -2.34. The molecule has 1 aromatic rings. The zero-order chi connectivity index (χ0) is 18.2. The highest BCUT2D eigenvalue weighted by atomic mass is 127. The van der Waals surface area contributed by atoms with E-state index in [0.717, 1.165) is 57.6 Å². The summed E-state index contributed by atoms with van der Waals surface area (Å²) in [6.45, 7) is 6.54. The fourth-order valence-corrected chi connectivity index (χ4v) is 3.74. The van der Waals surface area contributed by atoms with Crippen LogP contribution in [0.25, 0.3) is 0 Å². The van der Waals surface area contributed by atoms with Crippen molar-refractivity contribution in [2.75, 3.05) is 60.0 Å². The number of nitrogens with one attached hydrogen (secondary N) is 2.